The minimum atomic E-state index is -0.238. The van der Waals surface area contributed by atoms with Gasteiger partial charge in [0.2, 0.25) is 11.8 Å². The van der Waals surface area contributed by atoms with Crippen LogP contribution in [0.5, 0.6) is 11.5 Å². The molecule has 0 saturated carbocycles. The molecule has 116 valence electrons. The number of benzene rings is 1. The quantitative estimate of drug-likeness (QED) is 0.829. The highest BCUT2D eigenvalue weighted by molar-refractivity contribution is 9.10. The lowest BCUT2D eigenvalue weighted by molar-refractivity contribution is -0.130. The van der Waals surface area contributed by atoms with Gasteiger partial charge in [-0.1, -0.05) is 15.9 Å². The molecular weight excluding hydrogens is 340 g/mol. The van der Waals surface area contributed by atoms with Crippen molar-refractivity contribution in [2.75, 3.05) is 34.9 Å². The minimum absolute atomic E-state index is 0.0171. The van der Waals surface area contributed by atoms with E-state index < -0.39 is 0 Å². The number of hydrogen-bond donors (Lipinski definition) is 1. The van der Waals surface area contributed by atoms with E-state index in [2.05, 4.69) is 21.2 Å². The van der Waals surface area contributed by atoms with Gasteiger partial charge < -0.3 is 19.7 Å². The number of ether oxygens (including phenoxy) is 2. The highest BCUT2D eigenvalue weighted by Crippen LogP contribution is 2.33. The summed E-state index contributed by atoms with van der Waals surface area (Å²) in [7, 11) is 6.35. The second-order valence-corrected chi connectivity index (χ2v) is 5.39. The van der Waals surface area contributed by atoms with E-state index in [9.17, 15) is 9.59 Å². The Morgan fingerprint density at radius 1 is 1.19 bits per heavy atom. The predicted octanol–water partition coefficient (Wildman–Crippen LogP) is 1.21. The van der Waals surface area contributed by atoms with Crippen LogP contribution in [0.25, 0.3) is 0 Å². The summed E-state index contributed by atoms with van der Waals surface area (Å²) in [5.74, 6) is 0.733. The van der Waals surface area contributed by atoms with Crippen LogP contribution in [0.1, 0.15) is 5.56 Å². The SMILES string of the molecule is COc1cc(Br)c(CC(=O)NCC(=O)N(C)C)cc1OC. The summed E-state index contributed by atoms with van der Waals surface area (Å²) in [5, 5.41) is 2.58. The van der Waals surface area contributed by atoms with E-state index in [-0.39, 0.29) is 24.8 Å². The molecule has 2 amide bonds. The van der Waals surface area contributed by atoms with Gasteiger partial charge in [0.05, 0.1) is 27.2 Å². The van der Waals surface area contributed by atoms with E-state index >= 15 is 0 Å². The Kier molecular flexibility index (Phi) is 6.48. The van der Waals surface area contributed by atoms with E-state index in [1.54, 1.807) is 33.3 Å². The van der Waals surface area contributed by atoms with Gasteiger partial charge in [-0.3, -0.25) is 9.59 Å². The molecule has 0 aliphatic rings. The van der Waals surface area contributed by atoms with E-state index in [0.717, 1.165) is 10.0 Å². The number of hydrogen-bond acceptors (Lipinski definition) is 4. The van der Waals surface area contributed by atoms with Gasteiger partial charge in [-0.05, 0) is 17.7 Å². The molecule has 1 rings (SSSR count). The average Bonchev–Trinajstić information content (AvgIpc) is 2.46. The van der Waals surface area contributed by atoms with Gasteiger partial charge in [-0.25, -0.2) is 0 Å². The number of rotatable bonds is 6. The molecule has 21 heavy (non-hydrogen) atoms. The first-order valence-electron chi connectivity index (χ1n) is 6.26. The summed E-state index contributed by atoms with van der Waals surface area (Å²) in [5.41, 5.74) is 0.752. The van der Waals surface area contributed by atoms with Crippen LogP contribution in [0.3, 0.4) is 0 Å². The highest BCUT2D eigenvalue weighted by atomic mass is 79.9. The van der Waals surface area contributed by atoms with Crippen molar-refractivity contribution in [1.29, 1.82) is 0 Å². The maximum Gasteiger partial charge on any atom is 0.241 e. The zero-order valence-corrected chi connectivity index (χ0v) is 14.1. The highest BCUT2D eigenvalue weighted by Gasteiger charge is 2.13. The van der Waals surface area contributed by atoms with Crippen LogP contribution in [0, 0.1) is 0 Å². The first-order chi connectivity index (χ1) is 9.88. The molecule has 0 bridgehead atoms. The van der Waals surface area contributed by atoms with Crippen molar-refractivity contribution >= 4 is 27.7 Å². The molecule has 1 N–H and O–H groups in total. The Bertz CT molecular complexity index is 532. The fourth-order valence-corrected chi connectivity index (χ4v) is 2.06. The summed E-state index contributed by atoms with van der Waals surface area (Å²) in [6.45, 7) is -0.0171. The van der Waals surface area contributed by atoms with Crippen molar-refractivity contribution in [3.63, 3.8) is 0 Å². The molecule has 0 aliphatic heterocycles. The molecule has 6 nitrogen and oxygen atoms in total. The Labute approximate surface area is 132 Å². The summed E-state index contributed by atoms with van der Waals surface area (Å²) < 4.78 is 11.1. The molecule has 7 heteroatoms. The van der Waals surface area contributed by atoms with Crippen molar-refractivity contribution in [1.82, 2.24) is 10.2 Å². The zero-order chi connectivity index (χ0) is 16.0. The number of carbonyl (C=O) groups excluding carboxylic acids is 2. The standard InChI is InChI=1S/C14H19BrN2O4/c1-17(2)14(19)8-16-13(18)6-9-5-11(20-3)12(21-4)7-10(9)15/h5,7H,6,8H2,1-4H3,(H,16,18). The summed E-state index contributed by atoms with van der Waals surface area (Å²) in [6.07, 6.45) is 0.141. The topological polar surface area (TPSA) is 67.9 Å². The van der Waals surface area contributed by atoms with Gasteiger partial charge in [0.25, 0.3) is 0 Å². The molecule has 1 aromatic carbocycles. The van der Waals surface area contributed by atoms with Crippen LogP contribution in [-0.4, -0.2) is 51.6 Å². The van der Waals surface area contributed by atoms with Gasteiger partial charge in [0.1, 0.15) is 0 Å². The predicted molar refractivity (Wildman–Crippen MR) is 82.7 cm³/mol. The zero-order valence-electron chi connectivity index (χ0n) is 12.5. The van der Waals surface area contributed by atoms with Crippen molar-refractivity contribution in [3.8, 4) is 11.5 Å². The number of likely N-dealkylation sites (N-methyl/N-ethyl adjacent to an activating group) is 1. The Hall–Kier alpha value is -1.76. The van der Waals surface area contributed by atoms with Crippen LogP contribution in [0.2, 0.25) is 0 Å². The van der Waals surface area contributed by atoms with E-state index in [4.69, 9.17) is 9.47 Å². The van der Waals surface area contributed by atoms with Crippen LogP contribution in [0.4, 0.5) is 0 Å². The molecule has 0 atom stereocenters. The summed E-state index contributed by atoms with van der Waals surface area (Å²) in [6, 6.07) is 3.47. The lowest BCUT2D eigenvalue weighted by Gasteiger charge is -2.13. The lowest BCUT2D eigenvalue weighted by atomic mass is 10.1. The van der Waals surface area contributed by atoms with Crippen LogP contribution < -0.4 is 14.8 Å². The third kappa shape index (κ3) is 4.93. The number of methoxy groups -OCH3 is 2. The average molecular weight is 359 g/mol. The maximum atomic E-state index is 11.9. The van der Waals surface area contributed by atoms with Gasteiger partial charge in [0, 0.05) is 18.6 Å². The lowest BCUT2D eigenvalue weighted by Crippen LogP contribution is -2.36. The monoisotopic (exact) mass is 358 g/mol. The molecule has 0 saturated heterocycles. The molecule has 1 aromatic rings. The molecule has 0 heterocycles. The Balaban J connectivity index is 2.74. The van der Waals surface area contributed by atoms with Gasteiger partial charge in [-0.15, -0.1) is 0 Å². The molecule has 0 fully saturated rings. The maximum absolute atomic E-state index is 11.9. The normalized spacial score (nSPS) is 9.95. The Morgan fingerprint density at radius 3 is 2.29 bits per heavy atom. The smallest absolute Gasteiger partial charge is 0.241 e. The van der Waals surface area contributed by atoms with Crippen LogP contribution in [-0.2, 0) is 16.0 Å². The Morgan fingerprint density at radius 2 is 1.76 bits per heavy atom. The number of carbonyl (C=O) groups is 2. The van der Waals surface area contributed by atoms with E-state index in [0.29, 0.717) is 11.5 Å². The van der Waals surface area contributed by atoms with Gasteiger partial charge >= 0.3 is 0 Å². The third-order valence-corrected chi connectivity index (χ3v) is 3.58. The van der Waals surface area contributed by atoms with Gasteiger partial charge in [0.15, 0.2) is 11.5 Å². The first kappa shape index (κ1) is 17.3. The fraction of sp³-hybridized carbons (Fsp3) is 0.429. The van der Waals surface area contributed by atoms with Crippen molar-refractivity contribution in [3.05, 3.63) is 22.2 Å². The molecule has 0 radical (unpaired) electrons. The van der Waals surface area contributed by atoms with Crippen molar-refractivity contribution in [2.45, 2.75) is 6.42 Å². The number of amides is 2. The van der Waals surface area contributed by atoms with Crippen molar-refractivity contribution in [2.24, 2.45) is 0 Å². The van der Waals surface area contributed by atoms with E-state index in [1.807, 2.05) is 0 Å². The number of nitrogens with one attached hydrogen (secondary N) is 1. The molecule has 0 aliphatic carbocycles. The fourth-order valence-electron chi connectivity index (χ4n) is 1.60. The first-order valence-corrected chi connectivity index (χ1v) is 7.05. The third-order valence-electron chi connectivity index (χ3n) is 2.84. The molecular formula is C14H19BrN2O4. The van der Waals surface area contributed by atoms with Crippen LogP contribution >= 0.6 is 15.9 Å². The van der Waals surface area contributed by atoms with Crippen LogP contribution in [0.15, 0.2) is 16.6 Å². The summed E-state index contributed by atoms with van der Waals surface area (Å²) in [4.78, 5) is 24.7. The number of halogens is 1. The van der Waals surface area contributed by atoms with Gasteiger partial charge in [-0.2, -0.15) is 0 Å². The van der Waals surface area contributed by atoms with E-state index in [1.165, 1.54) is 12.0 Å². The molecule has 0 spiro atoms. The summed E-state index contributed by atoms with van der Waals surface area (Å²) >= 11 is 3.39. The molecule has 0 unspecified atom stereocenters. The second kappa shape index (κ2) is 7.87. The molecule has 0 aromatic heterocycles. The second-order valence-electron chi connectivity index (χ2n) is 4.54. The number of nitrogens with zero attached hydrogens (tertiary/aromatic N) is 1. The minimum Gasteiger partial charge on any atom is -0.493 e. The van der Waals surface area contributed by atoms with Crippen molar-refractivity contribution < 1.29 is 19.1 Å². The largest absolute Gasteiger partial charge is 0.493 e.